The minimum Gasteiger partial charge on any atom is -0.356 e. The molecule has 2 amide bonds. The van der Waals surface area contributed by atoms with Gasteiger partial charge in [0.05, 0.1) is 54.4 Å². The largest absolute Gasteiger partial charge is 0.356 e. The lowest BCUT2D eigenvalue weighted by atomic mass is 10.1. The van der Waals surface area contributed by atoms with Crippen LogP contribution in [0.15, 0.2) is 24.3 Å². The quantitative estimate of drug-likeness (QED) is 0.0367. The molecule has 0 aromatic heterocycles. The number of unbranched alkanes of at least 4 members (excludes halogenated alkanes) is 23. The van der Waals surface area contributed by atoms with E-state index in [-0.39, 0.29) is 11.8 Å². The molecule has 0 saturated heterocycles. The first-order chi connectivity index (χ1) is 27.1. The maximum Gasteiger partial charge on any atom is 0.219 e. The lowest BCUT2D eigenvalue weighted by Crippen LogP contribution is -2.44. The second-order valence-electron chi connectivity index (χ2n) is 18.5. The number of carbonyl (C=O) groups is 2. The van der Waals surface area contributed by atoms with E-state index in [1.165, 1.54) is 180 Å². The first-order valence-corrected chi connectivity index (χ1v) is 24.6. The number of amides is 2. The lowest BCUT2D eigenvalue weighted by Gasteiger charge is -2.32. The Kier molecular flexibility index (Phi) is 38.9. The van der Waals surface area contributed by atoms with Crippen LogP contribution in [0.5, 0.6) is 0 Å². The normalized spacial score (nSPS) is 12.3. The highest BCUT2D eigenvalue weighted by Crippen LogP contribution is 2.13. The molecule has 0 radical (unpaired) electrons. The molecule has 0 bridgehead atoms. The molecule has 0 aromatic carbocycles. The molecule has 2 N–H and O–H groups in total. The topological polar surface area (TPSA) is 58.2 Å². The van der Waals surface area contributed by atoms with Gasteiger partial charge in [-0.3, -0.25) is 9.59 Å². The highest BCUT2D eigenvalue weighted by molar-refractivity contribution is 5.76. The molecule has 0 saturated carbocycles. The van der Waals surface area contributed by atoms with E-state index in [0.717, 1.165) is 60.8 Å². The number of nitrogens with zero attached hydrogens (tertiary/aromatic N) is 2. The summed E-state index contributed by atoms with van der Waals surface area (Å²) in [4.78, 5) is 24.6. The van der Waals surface area contributed by atoms with E-state index in [2.05, 4.69) is 77.0 Å². The van der Waals surface area contributed by atoms with Gasteiger partial charge in [-0.15, -0.1) is 0 Å². The summed E-state index contributed by atoms with van der Waals surface area (Å²) in [5, 5.41) is 6.33. The van der Waals surface area contributed by atoms with Crippen molar-refractivity contribution in [3.8, 4) is 0 Å². The van der Waals surface area contributed by atoms with Gasteiger partial charge in [0.15, 0.2) is 0 Å². The monoisotopic (exact) mass is 789 g/mol. The number of quaternary nitrogens is 2. The van der Waals surface area contributed by atoms with E-state index in [1.807, 2.05) is 0 Å². The van der Waals surface area contributed by atoms with Crippen LogP contribution >= 0.6 is 0 Å². The molecule has 0 atom stereocenters. The molecule has 330 valence electrons. The van der Waals surface area contributed by atoms with Gasteiger partial charge in [-0.25, -0.2) is 0 Å². The Balaban J connectivity index is 3.66. The van der Waals surface area contributed by atoms with E-state index in [4.69, 9.17) is 0 Å². The van der Waals surface area contributed by atoms with Crippen molar-refractivity contribution in [2.45, 2.75) is 219 Å². The predicted molar refractivity (Wildman–Crippen MR) is 247 cm³/mol. The Bertz CT molecular complexity index is 854. The summed E-state index contributed by atoms with van der Waals surface area (Å²) in [7, 11) is 9.30. The highest BCUT2D eigenvalue weighted by Gasteiger charge is 2.18. The molecule has 0 fully saturated rings. The summed E-state index contributed by atoms with van der Waals surface area (Å²) in [5.74, 6) is 0.455. The number of allylic oxidation sites excluding steroid dienone is 4. The van der Waals surface area contributed by atoms with Crippen LogP contribution in [0.1, 0.15) is 219 Å². The Morgan fingerprint density at radius 2 is 0.625 bits per heavy atom. The average Bonchev–Trinajstić information content (AvgIpc) is 3.17. The summed E-state index contributed by atoms with van der Waals surface area (Å²) in [6.45, 7) is 10.7. The SMILES string of the molecule is CCCCCCCCC=CCCCCCCCC(=O)NCCC[N+](C)(C)CCCC[N+](C)(C)CCCNC(=O)CCCCCCCC=CCCCCCCCC. The molecule has 0 aromatic rings. The van der Waals surface area contributed by atoms with Gasteiger partial charge in [-0.05, 0) is 64.2 Å². The Morgan fingerprint density at radius 3 is 0.946 bits per heavy atom. The Hall–Kier alpha value is -1.66. The van der Waals surface area contributed by atoms with Crippen molar-refractivity contribution in [1.29, 1.82) is 0 Å². The van der Waals surface area contributed by atoms with Crippen molar-refractivity contribution in [2.24, 2.45) is 0 Å². The van der Waals surface area contributed by atoms with Gasteiger partial charge in [0, 0.05) is 51.6 Å². The molecule has 0 heterocycles. The summed E-state index contributed by atoms with van der Waals surface area (Å²) >= 11 is 0. The molecule has 0 aliphatic rings. The van der Waals surface area contributed by atoms with Crippen molar-refractivity contribution in [3.63, 3.8) is 0 Å². The third-order valence-corrected chi connectivity index (χ3v) is 11.6. The number of hydrogen-bond acceptors (Lipinski definition) is 2. The zero-order chi connectivity index (χ0) is 41.3. The van der Waals surface area contributed by atoms with Gasteiger partial charge in [0.1, 0.15) is 0 Å². The minimum atomic E-state index is 0.228. The van der Waals surface area contributed by atoms with Gasteiger partial charge < -0.3 is 19.6 Å². The van der Waals surface area contributed by atoms with Crippen LogP contribution < -0.4 is 10.6 Å². The number of nitrogens with one attached hydrogen (secondary N) is 2. The lowest BCUT2D eigenvalue weighted by molar-refractivity contribution is -0.896. The van der Waals surface area contributed by atoms with Gasteiger partial charge >= 0.3 is 0 Å². The van der Waals surface area contributed by atoms with Crippen LogP contribution in [0.3, 0.4) is 0 Å². The zero-order valence-electron chi connectivity index (χ0n) is 38.9. The van der Waals surface area contributed by atoms with Crippen molar-refractivity contribution in [1.82, 2.24) is 10.6 Å². The zero-order valence-corrected chi connectivity index (χ0v) is 38.9. The number of hydrogen-bond donors (Lipinski definition) is 2. The second kappa shape index (κ2) is 40.1. The van der Waals surface area contributed by atoms with Crippen molar-refractivity contribution >= 4 is 11.8 Å². The summed E-state index contributed by atoms with van der Waals surface area (Å²) in [6, 6.07) is 0. The fraction of sp³-hybridized carbons (Fsp3) is 0.880. The summed E-state index contributed by atoms with van der Waals surface area (Å²) < 4.78 is 2.03. The van der Waals surface area contributed by atoms with Crippen LogP contribution in [-0.4, -0.2) is 88.2 Å². The maximum atomic E-state index is 12.3. The molecule has 0 aliphatic heterocycles. The van der Waals surface area contributed by atoms with Crippen LogP contribution in [0.4, 0.5) is 0 Å². The van der Waals surface area contributed by atoms with Gasteiger partial charge in [-0.1, -0.05) is 141 Å². The van der Waals surface area contributed by atoms with Crippen LogP contribution in [0.25, 0.3) is 0 Å². The molecule has 6 heteroatoms. The second-order valence-corrected chi connectivity index (χ2v) is 18.5. The molecule has 0 aliphatic carbocycles. The fourth-order valence-electron chi connectivity index (χ4n) is 7.66. The van der Waals surface area contributed by atoms with E-state index < -0.39 is 0 Å². The molecule has 0 rings (SSSR count). The van der Waals surface area contributed by atoms with Crippen molar-refractivity contribution in [3.05, 3.63) is 24.3 Å². The van der Waals surface area contributed by atoms with E-state index in [0.29, 0.717) is 12.8 Å². The Labute approximate surface area is 351 Å². The van der Waals surface area contributed by atoms with Crippen LogP contribution in [0, 0.1) is 0 Å². The Morgan fingerprint density at radius 1 is 0.357 bits per heavy atom. The van der Waals surface area contributed by atoms with Crippen LogP contribution in [-0.2, 0) is 9.59 Å². The number of carbonyl (C=O) groups excluding carboxylic acids is 2. The minimum absolute atomic E-state index is 0.228. The third kappa shape index (κ3) is 42.0. The van der Waals surface area contributed by atoms with Gasteiger partial charge in [-0.2, -0.15) is 0 Å². The van der Waals surface area contributed by atoms with Gasteiger partial charge in [0.2, 0.25) is 11.8 Å². The fourth-order valence-corrected chi connectivity index (χ4v) is 7.66. The molecule has 0 spiro atoms. The summed E-state index contributed by atoms with van der Waals surface area (Å²) in [6.07, 6.45) is 48.9. The maximum absolute atomic E-state index is 12.3. The van der Waals surface area contributed by atoms with E-state index in [9.17, 15) is 9.59 Å². The standard InChI is InChI=1S/C50H98N4O2/c1-7-9-11-13-15-17-19-21-23-25-27-29-31-33-35-41-49(55)51-43-39-47-53(3,4)45-37-38-46-54(5,6)48-40-44-52-50(56)42-36-34-32-30-28-26-24-22-20-18-16-14-12-10-8-2/h21-24H,7-20,25-48H2,1-6H3/p+2. The van der Waals surface area contributed by atoms with Crippen molar-refractivity contribution in [2.75, 3.05) is 67.5 Å². The smallest absolute Gasteiger partial charge is 0.219 e. The van der Waals surface area contributed by atoms with Crippen molar-refractivity contribution < 1.29 is 18.6 Å². The van der Waals surface area contributed by atoms with Gasteiger partial charge in [0.25, 0.3) is 0 Å². The predicted octanol–water partition coefficient (Wildman–Crippen LogP) is 13.0. The highest BCUT2D eigenvalue weighted by atomic mass is 16.2. The molecule has 56 heavy (non-hydrogen) atoms. The third-order valence-electron chi connectivity index (χ3n) is 11.6. The molecule has 6 nitrogen and oxygen atoms in total. The molecule has 0 unspecified atom stereocenters. The average molecular weight is 789 g/mol. The molecular formula is C50H100N4O2+2. The number of rotatable bonds is 43. The van der Waals surface area contributed by atoms with Crippen LogP contribution in [0.2, 0.25) is 0 Å². The molecular weight excluding hydrogens is 689 g/mol. The first-order valence-electron chi connectivity index (χ1n) is 24.6. The van der Waals surface area contributed by atoms with E-state index in [1.54, 1.807) is 0 Å². The first kappa shape index (κ1) is 54.3. The van der Waals surface area contributed by atoms with E-state index >= 15 is 0 Å². The summed E-state index contributed by atoms with van der Waals surface area (Å²) in [5.41, 5.74) is 0.